The van der Waals surface area contributed by atoms with Crippen molar-refractivity contribution < 1.29 is 0 Å². The van der Waals surface area contributed by atoms with Crippen LogP contribution in [0.2, 0.25) is 0 Å². The molecule has 92 valence electrons. The number of anilines is 1. The molecule has 4 nitrogen and oxygen atoms in total. The molecule has 0 amide bonds. The Labute approximate surface area is 103 Å². The molecule has 0 saturated heterocycles. The summed E-state index contributed by atoms with van der Waals surface area (Å²) in [4.78, 5) is 2.14. The second kappa shape index (κ2) is 5.62. The van der Waals surface area contributed by atoms with Crippen LogP contribution in [0.3, 0.4) is 0 Å². The van der Waals surface area contributed by atoms with Gasteiger partial charge >= 0.3 is 0 Å². The number of nitrogens with zero attached hydrogens (tertiary/aromatic N) is 4. The van der Waals surface area contributed by atoms with Crippen LogP contribution in [-0.4, -0.2) is 22.8 Å². The monoisotopic (exact) mass is 232 g/mol. The number of rotatable bonds is 4. The van der Waals surface area contributed by atoms with Crippen LogP contribution >= 0.6 is 0 Å². The van der Waals surface area contributed by atoms with Crippen LogP contribution in [0.4, 0.5) is 5.82 Å². The molecule has 0 bridgehead atoms. The highest BCUT2D eigenvalue weighted by molar-refractivity contribution is 5.57. The van der Waals surface area contributed by atoms with Crippen molar-refractivity contribution in [2.45, 2.75) is 47.1 Å². The molecule has 0 aliphatic rings. The summed E-state index contributed by atoms with van der Waals surface area (Å²) in [6.45, 7) is 11.0. The second-order valence-corrected chi connectivity index (χ2v) is 4.26. The molecule has 1 aromatic rings. The quantitative estimate of drug-likeness (QED) is 0.800. The summed E-state index contributed by atoms with van der Waals surface area (Å²) < 4.78 is 0. The predicted octanol–water partition coefficient (Wildman–Crippen LogP) is 2.59. The molecule has 1 atom stereocenters. The molecule has 1 heterocycles. The molecule has 0 saturated carbocycles. The van der Waals surface area contributed by atoms with Crippen molar-refractivity contribution in [1.82, 2.24) is 10.2 Å². The molecule has 1 unspecified atom stereocenters. The molecule has 0 fully saturated rings. The third-order valence-electron chi connectivity index (χ3n) is 3.28. The Kier molecular flexibility index (Phi) is 4.45. The lowest BCUT2D eigenvalue weighted by molar-refractivity contribution is 0.617. The normalized spacial score (nSPS) is 12.0. The molecule has 0 aromatic carbocycles. The van der Waals surface area contributed by atoms with Gasteiger partial charge in [-0.15, -0.1) is 5.10 Å². The van der Waals surface area contributed by atoms with E-state index in [4.69, 9.17) is 0 Å². The van der Waals surface area contributed by atoms with E-state index in [1.54, 1.807) is 0 Å². The average Bonchev–Trinajstić information content (AvgIpc) is 2.34. The Balaban J connectivity index is 3.30. The first-order chi connectivity index (χ1) is 8.06. The first-order valence-corrected chi connectivity index (χ1v) is 6.07. The van der Waals surface area contributed by atoms with E-state index < -0.39 is 0 Å². The lowest BCUT2D eigenvalue weighted by Gasteiger charge is -2.29. The maximum absolute atomic E-state index is 9.28. The molecule has 0 N–H and O–H groups in total. The molecule has 1 rings (SSSR count). The Morgan fingerprint density at radius 1 is 1.29 bits per heavy atom. The summed E-state index contributed by atoms with van der Waals surface area (Å²) in [6.07, 6.45) is 1.02. The highest BCUT2D eigenvalue weighted by Gasteiger charge is 2.19. The summed E-state index contributed by atoms with van der Waals surface area (Å²) in [5, 5.41) is 17.6. The van der Waals surface area contributed by atoms with Crippen molar-refractivity contribution in [1.29, 1.82) is 5.26 Å². The Hall–Kier alpha value is -1.63. The van der Waals surface area contributed by atoms with Crippen LogP contribution in [0.5, 0.6) is 0 Å². The molecule has 0 spiro atoms. The summed E-state index contributed by atoms with van der Waals surface area (Å²) in [6, 6.07) is 2.62. The average molecular weight is 232 g/mol. The maximum Gasteiger partial charge on any atom is 0.169 e. The molecule has 1 aromatic heterocycles. The van der Waals surface area contributed by atoms with Gasteiger partial charge in [0.15, 0.2) is 5.82 Å². The fourth-order valence-electron chi connectivity index (χ4n) is 1.82. The van der Waals surface area contributed by atoms with Gasteiger partial charge in [0.25, 0.3) is 0 Å². The van der Waals surface area contributed by atoms with Crippen LogP contribution < -0.4 is 4.90 Å². The van der Waals surface area contributed by atoms with Crippen molar-refractivity contribution in [2.75, 3.05) is 11.4 Å². The van der Waals surface area contributed by atoms with E-state index >= 15 is 0 Å². The highest BCUT2D eigenvalue weighted by Crippen LogP contribution is 2.23. The van der Waals surface area contributed by atoms with Crippen LogP contribution in [0.1, 0.15) is 44.0 Å². The van der Waals surface area contributed by atoms with E-state index in [1.807, 2.05) is 13.8 Å². The molecule has 0 aliphatic carbocycles. The van der Waals surface area contributed by atoms with Crippen molar-refractivity contribution >= 4 is 5.82 Å². The second-order valence-electron chi connectivity index (χ2n) is 4.26. The number of aryl methyl sites for hydroxylation is 1. The standard InChI is InChI=1S/C13H20N4/c1-6-9(3)17(7-2)13-12(8-14)10(4)11(5)15-16-13/h9H,6-7H2,1-5H3. The molecular formula is C13H20N4. The minimum atomic E-state index is 0.364. The van der Waals surface area contributed by atoms with Gasteiger partial charge in [-0.3, -0.25) is 0 Å². The maximum atomic E-state index is 9.28. The molecule has 17 heavy (non-hydrogen) atoms. The number of nitriles is 1. The van der Waals surface area contributed by atoms with Crippen LogP contribution in [0, 0.1) is 25.2 Å². The van der Waals surface area contributed by atoms with Crippen LogP contribution in [0.15, 0.2) is 0 Å². The van der Waals surface area contributed by atoms with Gasteiger partial charge in [0.1, 0.15) is 11.6 Å². The third kappa shape index (κ3) is 2.55. The Bertz CT molecular complexity index is 434. The Morgan fingerprint density at radius 3 is 2.41 bits per heavy atom. The van der Waals surface area contributed by atoms with Crippen molar-refractivity contribution in [3.05, 3.63) is 16.8 Å². The van der Waals surface area contributed by atoms with Crippen molar-refractivity contribution in [2.24, 2.45) is 0 Å². The first kappa shape index (κ1) is 13.4. The minimum absolute atomic E-state index is 0.364. The summed E-state index contributed by atoms with van der Waals surface area (Å²) in [7, 11) is 0. The van der Waals surface area contributed by atoms with Crippen LogP contribution in [-0.2, 0) is 0 Å². The van der Waals surface area contributed by atoms with Gasteiger partial charge in [-0.05, 0) is 39.7 Å². The highest BCUT2D eigenvalue weighted by atomic mass is 15.3. The fourth-order valence-corrected chi connectivity index (χ4v) is 1.82. The van der Waals surface area contributed by atoms with E-state index in [-0.39, 0.29) is 0 Å². The van der Waals surface area contributed by atoms with Gasteiger partial charge in [0, 0.05) is 12.6 Å². The van der Waals surface area contributed by atoms with Gasteiger partial charge in [-0.1, -0.05) is 6.92 Å². The number of aromatic nitrogens is 2. The smallest absolute Gasteiger partial charge is 0.169 e. The largest absolute Gasteiger partial charge is 0.352 e. The first-order valence-electron chi connectivity index (χ1n) is 6.07. The Morgan fingerprint density at radius 2 is 1.94 bits per heavy atom. The summed E-state index contributed by atoms with van der Waals surface area (Å²) in [5.41, 5.74) is 2.41. The molecule has 0 aliphatic heterocycles. The fraction of sp³-hybridized carbons (Fsp3) is 0.615. The van der Waals surface area contributed by atoms with E-state index in [0.29, 0.717) is 17.4 Å². The van der Waals surface area contributed by atoms with Crippen molar-refractivity contribution in [3.63, 3.8) is 0 Å². The lowest BCUT2D eigenvalue weighted by atomic mass is 10.1. The van der Waals surface area contributed by atoms with Crippen molar-refractivity contribution in [3.8, 4) is 6.07 Å². The zero-order valence-electron chi connectivity index (χ0n) is 11.3. The zero-order valence-corrected chi connectivity index (χ0v) is 11.3. The number of hydrogen-bond donors (Lipinski definition) is 0. The SMILES string of the molecule is CCC(C)N(CC)c1nnc(C)c(C)c1C#N. The zero-order chi connectivity index (χ0) is 13.0. The van der Waals surface area contributed by atoms with Gasteiger partial charge in [-0.2, -0.15) is 10.4 Å². The third-order valence-corrected chi connectivity index (χ3v) is 3.28. The number of hydrogen-bond acceptors (Lipinski definition) is 4. The van der Waals surface area contributed by atoms with E-state index in [2.05, 4.69) is 41.9 Å². The van der Waals surface area contributed by atoms with E-state index in [0.717, 1.165) is 24.2 Å². The van der Waals surface area contributed by atoms with Gasteiger partial charge in [0.2, 0.25) is 0 Å². The van der Waals surface area contributed by atoms with Gasteiger partial charge < -0.3 is 4.90 Å². The predicted molar refractivity (Wildman–Crippen MR) is 69.0 cm³/mol. The lowest BCUT2D eigenvalue weighted by Crippen LogP contribution is -2.34. The van der Waals surface area contributed by atoms with Gasteiger partial charge in [-0.25, -0.2) is 0 Å². The molecule has 0 radical (unpaired) electrons. The van der Waals surface area contributed by atoms with E-state index in [1.165, 1.54) is 0 Å². The van der Waals surface area contributed by atoms with E-state index in [9.17, 15) is 5.26 Å². The summed E-state index contributed by atoms with van der Waals surface area (Å²) in [5.74, 6) is 0.715. The molecular weight excluding hydrogens is 212 g/mol. The summed E-state index contributed by atoms with van der Waals surface area (Å²) >= 11 is 0. The topological polar surface area (TPSA) is 52.8 Å². The molecule has 4 heteroatoms. The van der Waals surface area contributed by atoms with Gasteiger partial charge in [0.05, 0.1) is 5.69 Å². The minimum Gasteiger partial charge on any atom is -0.352 e. The van der Waals surface area contributed by atoms with Crippen LogP contribution in [0.25, 0.3) is 0 Å².